The third-order valence-corrected chi connectivity index (χ3v) is 3.96. The van der Waals surface area contributed by atoms with Crippen molar-refractivity contribution in [1.82, 2.24) is 0 Å². The molecule has 0 heterocycles. The van der Waals surface area contributed by atoms with Gasteiger partial charge in [0.05, 0.1) is 23.2 Å². The van der Waals surface area contributed by atoms with E-state index in [9.17, 15) is 14.7 Å². The van der Waals surface area contributed by atoms with Crippen LogP contribution in [0.2, 0.25) is 0 Å². The third-order valence-electron chi connectivity index (χ3n) is 3.22. The molecule has 0 fully saturated rings. The van der Waals surface area contributed by atoms with E-state index in [1.165, 1.54) is 25.3 Å². The van der Waals surface area contributed by atoms with Gasteiger partial charge in [-0.1, -0.05) is 46.3 Å². The van der Waals surface area contributed by atoms with Crippen LogP contribution in [0.5, 0.6) is 5.75 Å². The van der Waals surface area contributed by atoms with Crippen LogP contribution in [0.1, 0.15) is 15.9 Å². The fourth-order valence-corrected chi connectivity index (χ4v) is 2.49. The average molecular weight is 378 g/mol. The van der Waals surface area contributed by atoms with E-state index < -0.39 is 10.8 Å². The van der Waals surface area contributed by atoms with Gasteiger partial charge < -0.3 is 15.2 Å². The number of aromatic hydroxyl groups is 1. The van der Waals surface area contributed by atoms with Crippen LogP contribution < -0.4 is 5.32 Å². The highest BCUT2D eigenvalue weighted by Gasteiger charge is 2.18. The molecule has 120 valence electrons. The highest BCUT2D eigenvalue weighted by atomic mass is 79.9. The largest absolute Gasteiger partial charge is 0.506 e. The van der Waals surface area contributed by atoms with Gasteiger partial charge in [-0.25, -0.2) is 4.79 Å². The van der Waals surface area contributed by atoms with Crippen LogP contribution in [-0.4, -0.2) is 28.9 Å². The van der Waals surface area contributed by atoms with Crippen molar-refractivity contribution >= 4 is 33.5 Å². The van der Waals surface area contributed by atoms with Crippen molar-refractivity contribution in [3.05, 3.63) is 59.7 Å². The van der Waals surface area contributed by atoms with E-state index in [4.69, 9.17) is 0 Å². The Labute approximate surface area is 142 Å². The summed E-state index contributed by atoms with van der Waals surface area (Å²) >= 11 is 3.34. The Bertz CT molecular complexity index is 703. The molecule has 0 bridgehead atoms. The molecule has 0 spiro atoms. The standard InChI is InChI=1S/C17H16BrNO4/c1-23-17(22)12-7-8-15(20)14(10-12)19-16(21)13(18)9-11-5-3-2-4-6-11/h2-8,10,13,20H,9H2,1H3,(H,19,21)/t13-/m1/s1. The lowest BCUT2D eigenvalue weighted by Crippen LogP contribution is -2.24. The zero-order valence-corrected chi connectivity index (χ0v) is 14.0. The molecule has 0 aromatic heterocycles. The molecule has 0 saturated carbocycles. The van der Waals surface area contributed by atoms with Gasteiger partial charge in [-0.3, -0.25) is 4.79 Å². The minimum atomic E-state index is -0.542. The number of hydrogen-bond donors (Lipinski definition) is 2. The minimum Gasteiger partial charge on any atom is -0.506 e. The van der Waals surface area contributed by atoms with Gasteiger partial charge in [0.1, 0.15) is 5.75 Å². The number of ether oxygens (including phenoxy) is 1. The van der Waals surface area contributed by atoms with Crippen molar-refractivity contribution in [3.63, 3.8) is 0 Å². The number of alkyl halides is 1. The molecule has 2 aromatic rings. The molecule has 2 rings (SSSR count). The maximum absolute atomic E-state index is 12.2. The van der Waals surface area contributed by atoms with E-state index >= 15 is 0 Å². The molecular weight excluding hydrogens is 362 g/mol. The van der Waals surface area contributed by atoms with E-state index in [2.05, 4.69) is 26.0 Å². The number of phenols is 1. The number of benzene rings is 2. The van der Waals surface area contributed by atoms with Gasteiger partial charge in [-0.05, 0) is 30.2 Å². The number of hydrogen-bond acceptors (Lipinski definition) is 4. The molecule has 5 nitrogen and oxygen atoms in total. The number of halogens is 1. The van der Waals surface area contributed by atoms with Gasteiger partial charge in [0.25, 0.3) is 0 Å². The number of esters is 1. The summed E-state index contributed by atoms with van der Waals surface area (Å²) in [7, 11) is 1.27. The lowest BCUT2D eigenvalue weighted by atomic mass is 10.1. The summed E-state index contributed by atoms with van der Waals surface area (Å²) in [5.74, 6) is -0.975. The Hall–Kier alpha value is -2.34. The molecule has 2 N–H and O–H groups in total. The first-order valence-electron chi connectivity index (χ1n) is 6.91. The first kappa shape index (κ1) is 17.0. The third kappa shape index (κ3) is 4.56. The van der Waals surface area contributed by atoms with Crippen molar-refractivity contribution in [2.75, 3.05) is 12.4 Å². The first-order valence-corrected chi connectivity index (χ1v) is 7.83. The van der Waals surface area contributed by atoms with Gasteiger partial charge in [-0.2, -0.15) is 0 Å². The number of carbonyl (C=O) groups is 2. The highest BCUT2D eigenvalue weighted by Crippen LogP contribution is 2.25. The Balaban J connectivity index is 2.08. The number of carbonyl (C=O) groups excluding carboxylic acids is 2. The number of nitrogens with one attached hydrogen (secondary N) is 1. The minimum absolute atomic E-state index is 0.120. The fraction of sp³-hybridized carbons (Fsp3) is 0.176. The lowest BCUT2D eigenvalue weighted by molar-refractivity contribution is -0.115. The molecule has 1 amide bonds. The van der Waals surface area contributed by atoms with Crippen LogP contribution in [0.25, 0.3) is 0 Å². The predicted octanol–water partition coefficient (Wildman–Crippen LogP) is 3.12. The molecule has 0 saturated heterocycles. The summed E-state index contributed by atoms with van der Waals surface area (Å²) in [6.07, 6.45) is 0.504. The van der Waals surface area contributed by atoms with Crippen LogP contribution in [0.3, 0.4) is 0 Å². The van der Waals surface area contributed by atoms with Crippen molar-refractivity contribution < 1.29 is 19.4 Å². The topological polar surface area (TPSA) is 75.6 Å². The van der Waals surface area contributed by atoms with Crippen molar-refractivity contribution in [2.24, 2.45) is 0 Å². The summed E-state index contributed by atoms with van der Waals surface area (Å²) < 4.78 is 4.62. The van der Waals surface area contributed by atoms with Crippen molar-refractivity contribution in [1.29, 1.82) is 0 Å². The second-order valence-corrected chi connectivity index (χ2v) is 5.98. The molecule has 23 heavy (non-hydrogen) atoms. The average Bonchev–Trinajstić information content (AvgIpc) is 2.56. The van der Waals surface area contributed by atoms with E-state index in [0.717, 1.165) is 5.56 Å². The molecule has 1 atom stereocenters. The first-order chi connectivity index (χ1) is 11.0. The molecule has 0 aliphatic carbocycles. The Kier molecular flexibility index (Phi) is 5.76. The van der Waals surface area contributed by atoms with Gasteiger partial charge in [0, 0.05) is 0 Å². The summed E-state index contributed by atoms with van der Waals surface area (Å²) in [6, 6.07) is 13.7. The monoisotopic (exact) mass is 377 g/mol. The highest BCUT2D eigenvalue weighted by molar-refractivity contribution is 9.10. The van der Waals surface area contributed by atoms with E-state index in [1.54, 1.807) is 0 Å². The predicted molar refractivity (Wildman–Crippen MR) is 90.9 cm³/mol. The van der Waals surface area contributed by atoms with Crippen molar-refractivity contribution in [3.8, 4) is 5.75 Å². The van der Waals surface area contributed by atoms with Gasteiger partial charge >= 0.3 is 5.97 Å². The number of amides is 1. The van der Waals surface area contributed by atoms with Crippen LogP contribution in [0, 0.1) is 0 Å². The number of anilines is 1. The Morgan fingerprint density at radius 1 is 1.22 bits per heavy atom. The van der Waals surface area contributed by atoms with Gasteiger partial charge in [0.15, 0.2) is 0 Å². The Morgan fingerprint density at radius 3 is 2.57 bits per heavy atom. The van der Waals surface area contributed by atoms with Gasteiger partial charge in [0.2, 0.25) is 5.91 Å². The molecule has 0 aliphatic heterocycles. The normalized spacial score (nSPS) is 11.6. The summed E-state index contributed by atoms with van der Waals surface area (Å²) in [6.45, 7) is 0. The zero-order valence-electron chi connectivity index (χ0n) is 12.5. The van der Waals surface area contributed by atoms with Crippen LogP contribution >= 0.6 is 15.9 Å². The molecule has 0 unspecified atom stereocenters. The van der Waals surface area contributed by atoms with Gasteiger partial charge in [-0.15, -0.1) is 0 Å². The van der Waals surface area contributed by atoms with Crippen LogP contribution in [-0.2, 0) is 16.0 Å². The summed E-state index contributed by atoms with van der Waals surface area (Å²) in [5, 5.41) is 12.4. The number of methoxy groups -OCH3 is 1. The molecule has 0 radical (unpaired) electrons. The zero-order chi connectivity index (χ0) is 16.8. The van der Waals surface area contributed by atoms with E-state index in [1.807, 2.05) is 30.3 Å². The SMILES string of the molecule is COC(=O)c1ccc(O)c(NC(=O)[C@H](Br)Cc2ccccc2)c1. The Morgan fingerprint density at radius 2 is 1.91 bits per heavy atom. The quantitative estimate of drug-likeness (QED) is 0.476. The van der Waals surface area contributed by atoms with E-state index in [-0.39, 0.29) is 22.9 Å². The maximum atomic E-state index is 12.2. The maximum Gasteiger partial charge on any atom is 0.337 e. The summed E-state index contributed by atoms with van der Waals surface area (Å²) in [5.41, 5.74) is 1.42. The fourth-order valence-electron chi connectivity index (χ4n) is 2.01. The number of phenolic OH excluding ortho intramolecular Hbond substituents is 1. The molecule has 0 aliphatic rings. The molecular formula is C17H16BrNO4. The smallest absolute Gasteiger partial charge is 0.337 e. The molecule has 2 aromatic carbocycles. The lowest BCUT2D eigenvalue weighted by Gasteiger charge is -2.13. The molecule has 6 heteroatoms. The second-order valence-electron chi connectivity index (χ2n) is 4.87. The summed E-state index contributed by atoms with van der Waals surface area (Å²) in [4.78, 5) is 23.3. The van der Waals surface area contributed by atoms with Crippen LogP contribution in [0.15, 0.2) is 48.5 Å². The second kappa shape index (κ2) is 7.78. The number of rotatable bonds is 5. The van der Waals surface area contributed by atoms with Crippen LogP contribution in [0.4, 0.5) is 5.69 Å². The van der Waals surface area contributed by atoms with E-state index in [0.29, 0.717) is 6.42 Å². The van der Waals surface area contributed by atoms with Crippen molar-refractivity contribution in [2.45, 2.75) is 11.2 Å².